The molecular formula is C26H27N5O3. The summed E-state index contributed by atoms with van der Waals surface area (Å²) in [5.41, 5.74) is 3.46. The lowest BCUT2D eigenvalue weighted by Gasteiger charge is -2.24. The Bertz CT molecular complexity index is 1190. The minimum absolute atomic E-state index is 0.0560. The van der Waals surface area contributed by atoms with E-state index in [2.05, 4.69) is 27.0 Å². The van der Waals surface area contributed by atoms with Crippen LogP contribution in [0.1, 0.15) is 47.2 Å². The predicted octanol–water partition coefficient (Wildman–Crippen LogP) is 1.68. The molecule has 2 aliphatic carbocycles. The quantitative estimate of drug-likeness (QED) is 0.600. The van der Waals surface area contributed by atoms with Gasteiger partial charge in [-0.1, -0.05) is 24.3 Å². The number of nitrogens with one attached hydrogen (secondary N) is 3. The molecule has 1 aromatic carbocycles. The lowest BCUT2D eigenvalue weighted by molar-refractivity contribution is -0.124. The summed E-state index contributed by atoms with van der Waals surface area (Å²) in [6.45, 7) is 0. The van der Waals surface area contributed by atoms with E-state index < -0.39 is 6.04 Å². The van der Waals surface area contributed by atoms with Gasteiger partial charge in [0.25, 0.3) is 5.91 Å². The van der Waals surface area contributed by atoms with Crippen LogP contribution in [0.15, 0.2) is 41.4 Å². The molecule has 2 fully saturated rings. The third-order valence-corrected chi connectivity index (χ3v) is 7.24. The van der Waals surface area contributed by atoms with Crippen LogP contribution in [0.3, 0.4) is 0 Å². The highest BCUT2D eigenvalue weighted by molar-refractivity contribution is 6.36. The maximum Gasteiger partial charge on any atom is 0.278 e. The maximum absolute atomic E-state index is 12.7. The first-order chi connectivity index (χ1) is 16.4. The number of rotatable bonds is 6. The van der Waals surface area contributed by atoms with Crippen molar-refractivity contribution in [3.63, 3.8) is 0 Å². The second-order valence-corrected chi connectivity index (χ2v) is 9.47. The molecule has 0 radical (unpaired) electrons. The summed E-state index contributed by atoms with van der Waals surface area (Å²) in [6, 6.07) is 7.21. The van der Waals surface area contributed by atoms with E-state index in [0.29, 0.717) is 36.1 Å². The fourth-order valence-corrected chi connectivity index (χ4v) is 5.50. The average Bonchev–Trinajstić information content (AvgIpc) is 3.48. The van der Waals surface area contributed by atoms with Gasteiger partial charge in [0.15, 0.2) is 0 Å². The molecule has 2 unspecified atom stereocenters. The number of hydrogen-bond acceptors (Lipinski definition) is 5. The summed E-state index contributed by atoms with van der Waals surface area (Å²) >= 11 is 0. The zero-order valence-electron chi connectivity index (χ0n) is 19.0. The number of amides is 3. The Morgan fingerprint density at radius 3 is 2.85 bits per heavy atom. The highest BCUT2D eigenvalue weighted by Crippen LogP contribution is 2.35. The van der Waals surface area contributed by atoms with Crippen molar-refractivity contribution in [1.29, 1.82) is 5.26 Å². The van der Waals surface area contributed by atoms with E-state index in [1.165, 1.54) is 0 Å². The molecule has 1 aromatic rings. The van der Waals surface area contributed by atoms with Gasteiger partial charge in [-0.25, -0.2) is 4.99 Å². The Balaban J connectivity index is 1.31. The first kappa shape index (κ1) is 22.2. The van der Waals surface area contributed by atoms with Gasteiger partial charge in [0, 0.05) is 43.0 Å². The molecule has 2 aliphatic heterocycles. The Hall–Kier alpha value is -3.57. The van der Waals surface area contributed by atoms with Crippen molar-refractivity contribution in [3.8, 4) is 6.07 Å². The number of nitrogens with zero attached hydrogens (tertiary/aromatic N) is 2. The molecule has 1 saturated carbocycles. The van der Waals surface area contributed by atoms with Gasteiger partial charge in [0.1, 0.15) is 6.04 Å². The molecule has 34 heavy (non-hydrogen) atoms. The predicted molar refractivity (Wildman–Crippen MR) is 127 cm³/mol. The van der Waals surface area contributed by atoms with Crippen LogP contribution in [0, 0.1) is 23.2 Å². The molecule has 5 rings (SSSR count). The van der Waals surface area contributed by atoms with Crippen LogP contribution in [0.4, 0.5) is 0 Å². The smallest absolute Gasteiger partial charge is 0.278 e. The molecule has 2 bridgehead atoms. The molecule has 5 atom stereocenters. The molecule has 0 spiro atoms. The van der Waals surface area contributed by atoms with Crippen LogP contribution in [-0.4, -0.2) is 48.6 Å². The van der Waals surface area contributed by atoms with Gasteiger partial charge < -0.3 is 16.0 Å². The lowest BCUT2D eigenvalue weighted by Crippen LogP contribution is -2.50. The molecule has 0 aromatic heterocycles. The van der Waals surface area contributed by atoms with E-state index in [1.807, 2.05) is 24.3 Å². The van der Waals surface area contributed by atoms with E-state index in [0.717, 1.165) is 36.0 Å². The summed E-state index contributed by atoms with van der Waals surface area (Å²) in [6.07, 6.45) is 9.47. The van der Waals surface area contributed by atoms with Gasteiger partial charge in [-0.05, 0) is 48.4 Å². The van der Waals surface area contributed by atoms with Crippen molar-refractivity contribution in [3.05, 3.63) is 53.1 Å². The number of carbonyl (C=O) groups is 3. The van der Waals surface area contributed by atoms with Crippen molar-refractivity contribution >= 4 is 29.0 Å². The lowest BCUT2D eigenvalue weighted by atomic mass is 9.84. The first-order valence-electron chi connectivity index (χ1n) is 11.8. The topological polar surface area (TPSA) is 123 Å². The minimum atomic E-state index is -0.682. The number of benzene rings is 1. The Kier molecular flexibility index (Phi) is 5.88. The van der Waals surface area contributed by atoms with Gasteiger partial charge >= 0.3 is 0 Å². The molecule has 8 nitrogen and oxygen atoms in total. The summed E-state index contributed by atoms with van der Waals surface area (Å²) in [5.74, 6) is -0.236. The van der Waals surface area contributed by atoms with Crippen LogP contribution in [-0.2, 0) is 16.0 Å². The van der Waals surface area contributed by atoms with Gasteiger partial charge in [0.2, 0.25) is 11.8 Å². The average molecular weight is 458 g/mol. The molecule has 1 saturated heterocycles. The Morgan fingerprint density at radius 1 is 1.29 bits per heavy atom. The third kappa shape index (κ3) is 4.19. The van der Waals surface area contributed by atoms with Crippen LogP contribution < -0.4 is 16.0 Å². The molecule has 8 heteroatoms. The molecule has 2 heterocycles. The summed E-state index contributed by atoms with van der Waals surface area (Å²) in [7, 11) is 1.61. The number of allylic oxidation sites excluding steroid dienone is 4. The highest BCUT2D eigenvalue weighted by Gasteiger charge is 2.43. The van der Waals surface area contributed by atoms with Crippen LogP contribution in [0.5, 0.6) is 0 Å². The van der Waals surface area contributed by atoms with Crippen molar-refractivity contribution in [2.24, 2.45) is 16.8 Å². The third-order valence-electron chi connectivity index (χ3n) is 7.24. The van der Waals surface area contributed by atoms with Crippen molar-refractivity contribution in [2.45, 2.75) is 50.2 Å². The number of nitriles is 1. The molecule has 3 N–H and O–H groups in total. The number of aliphatic imine (C=N–C) groups is 1. The fourth-order valence-electron chi connectivity index (χ4n) is 5.50. The largest absolute Gasteiger partial charge is 0.359 e. The van der Waals surface area contributed by atoms with Gasteiger partial charge in [-0.3, -0.25) is 14.4 Å². The Labute approximate surface area is 198 Å². The summed E-state index contributed by atoms with van der Waals surface area (Å²) in [4.78, 5) is 41.5. The monoisotopic (exact) mass is 457 g/mol. The van der Waals surface area contributed by atoms with Crippen LogP contribution in [0.2, 0.25) is 0 Å². The van der Waals surface area contributed by atoms with E-state index in [4.69, 9.17) is 0 Å². The van der Waals surface area contributed by atoms with Crippen LogP contribution >= 0.6 is 0 Å². The zero-order chi connectivity index (χ0) is 23.8. The summed E-state index contributed by atoms with van der Waals surface area (Å²) in [5, 5.41) is 18.5. The minimum Gasteiger partial charge on any atom is -0.359 e. The molecular weight excluding hydrogens is 430 g/mol. The number of fused-ring (bicyclic) bond motifs is 5. The molecule has 4 aliphatic rings. The second-order valence-electron chi connectivity index (χ2n) is 9.47. The first-order valence-corrected chi connectivity index (χ1v) is 11.8. The number of carbonyl (C=O) groups excluding carboxylic acids is 3. The normalized spacial score (nSPS) is 27.1. The molecule has 3 amide bonds. The van der Waals surface area contributed by atoms with Crippen molar-refractivity contribution < 1.29 is 14.4 Å². The van der Waals surface area contributed by atoms with Crippen LogP contribution in [0.25, 0.3) is 5.57 Å². The SMILES string of the molecule is CNC(=O)CC1C=CC2=NC(=O)c3cc(CC(C#N)NC(=O)[C@H]4N[C@@H]5CC[C@H]4C5)ccc3C2=C1. The summed E-state index contributed by atoms with van der Waals surface area (Å²) < 4.78 is 0. The van der Waals surface area contributed by atoms with E-state index in [9.17, 15) is 19.6 Å². The van der Waals surface area contributed by atoms with Crippen molar-refractivity contribution in [1.82, 2.24) is 16.0 Å². The van der Waals surface area contributed by atoms with E-state index >= 15 is 0 Å². The van der Waals surface area contributed by atoms with E-state index in [-0.39, 0.29) is 29.7 Å². The zero-order valence-corrected chi connectivity index (χ0v) is 19.0. The maximum atomic E-state index is 12.7. The number of piperidine rings is 1. The number of hydrogen-bond donors (Lipinski definition) is 3. The Morgan fingerprint density at radius 2 is 2.15 bits per heavy atom. The van der Waals surface area contributed by atoms with Crippen molar-refractivity contribution in [2.75, 3.05) is 7.05 Å². The van der Waals surface area contributed by atoms with E-state index in [1.54, 1.807) is 19.2 Å². The van der Waals surface area contributed by atoms with Gasteiger partial charge in [-0.15, -0.1) is 0 Å². The highest BCUT2D eigenvalue weighted by atomic mass is 16.2. The fraction of sp³-hybridized carbons (Fsp3) is 0.423. The van der Waals surface area contributed by atoms with Gasteiger partial charge in [0.05, 0.1) is 17.8 Å². The van der Waals surface area contributed by atoms with Gasteiger partial charge in [-0.2, -0.15) is 5.26 Å². The standard InChI is InChI=1S/C26H27N5O3/c1-28-23(32)11-15-3-7-22-20(9-15)19-6-2-14(10-21(19)25(33)31-22)8-18(13-27)30-26(34)24-16-4-5-17(12-16)29-24/h2-3,6-7,9-10,15-18,24,29H,4-5,8,11-12H2,1H3,(H,28,32)(H,30,34)/t15?,16-,17+,18?,24-/m0/s1. The molecule has 174 valence electrons. The second kappa shape index (κ2) is 8.99.